The van der Waals surface area contributed by atoms with Crippen LogP contribution in [-0.4, -0.2) is 24.9 Å². The first kappa shape index (κ1) is 12.2. The van der Waals surface area contributed by atoms with Gasteiger partial charge in [-0.1, -0.05) is 6.07 Å². The maximum absolute atomic E-state index is 9.97. The van der Waals surface area contributed by atoms with Crippen LogP contribution in [0.5, 0.6) is 11.5 Å². The van der Waals surface area contributed by atoms with Crippen LogP contribution in [0, 0.1) is 0 Å². The standard InChI is InChI=1S/C13H19NO3/c14-6-1-3-11(15)10-4-5-12-13(9-10)17-8-2-7-16-12/h4-5,9,11,15H,1-3,6-8,14H2. The normalized spacial score (nSPS) is 16.4. The molecule has 1 heterocycles. The van der Waals surface area contributed by atoms with E-state index in [0.717, 1.165) is 29.9 Å². The molecule has 4 heteroatoms. The fraction of sp³-hybridized carbons (Fsp3) is 0.538. The first-order chi connectivity index (χ1) is 8.31. The van der Waals surface area contributed by atoms with Crippen molar-refractivity contribution in [1.29, 1.82) is 0 Å². The topological polar surface area (TPSA) is 64.7 Å². The second-order valence-electron chi connectivity index (χ2n) is 4.20. The number of aliphatic hydroxyl groups is 1. The maximum Gasteiger partial charge on any atom is 0.161 e. The monoisotopic (exact) mass is 237 g/mol. The molecule has 1 aromatic carbocycles. The van der Waals surface area contributed by atoms with E-state index >= 15 is 0 Å². The van der Waals surface area contributed by atoms with Gasteiger partial charge in [0.15, 0.2) is 11.5 Å². The smallest absolute Gasteiger partial charge is 0.161 e. The molecule has 94 valence electrons. The fourth-order valence-electron chi connectivity index (χ4n) is 1.87. The number of hydrogen-bond donors (Lipinski definition) is 2. The van der Waals surface area contributed by atoms with Crippen molar-refractivity contribution in [3.05, 3.63) is 23.8 Å². The highest BCUT2D eigenvalue weighted by atomic mass is 16.5. The molecule has 0 radical (unpaired) electrons. The van der Waals surface area contributed by atoms with Gasteiger partial charge in [0, 0.05) is 6.42 Å². The van der Waals surface area contributed by atoms with Gasteiger partial charge in [0.25, 0.3) is 0 Å². The fourth-order valence-corrected chi connectivity index (χ4v) is 1.87. The average molecular weight is 237 g/mol. The second-order valence-corrected chi connectivity index (χ2v) is 4.20. The minimum absolute atomic E-state index is 0.476. The Bertz CT molecular complexity index is 368. The predicted octanol–water partition coefficient (Wildman–Crippen LogP) is 1.62. The lowest BCUT2D eigenvalue weighted by Gasteiger charge is -2.13. The summed E-state index contributed by atoms with van der Waals surface area (Å²) in [6.07, 6.45) is 1.90. The van der Waals surface area contributed by atoms with Crippen LogP contribution in [-0.2, 0) is 0 Å². The van der Waals surface area contributed by atoms with Crippen LogP contribution in [0.3, 0.4) is 0 Å². The summed E-state index contributed by atoms with van der Waals surface area (Å²) < 4.78 is 11.1. The van der Waals surface area contributed by atoms with Crippen molar-refractivity contribution in [3.63, 3.8) is 0 Å². The molecule has 1 aliphatic rings. The first-order valence-electron chi connectivity index (χ1n) is 6.09. The minimum atomic E-state index is -0.476. The van der Waals surface area contributed by atoms with E-state index in [9.17, 15) is 5.11 Å². The van der Waals surface area contributed by atoms with Crippen LogP contribution < -0.4 is 15.2 Å². The number of benzene rings is 1. The van der Waals surface area contributed by atoms with Crippen LogP contribution in [0.4, 0.5) is 0 Å². The molecule has 1 atom stereocenters. The van der Waals surface area contributed by atoms with Crippen molar-refractivity contribution in [2.75, 3.05) is 19.8 Å². The Kier molecular flexibility index (Phi) is 4.23. The van der Waals surface area contributed by atoms with Crippen molar-refractivity contribution in [3.8, 4) is 11.5 Å². The molecule has 17 heavy (non-hydrogen) atoms. The van der Waals surface area contributed by atoms with Crippen molar-refractivity contribution in [1.82, 2.24) is 0 Å². The summed E-state index contributed by atoms with van der Waals surface area (Å²) >= 11 is 0. The summed E-state index contributed by atoms with van der Waals surface area (Å²) in [6.45, 7) is 1.94. The van der Waals surface area contributed by atoms with E-state index in [4.69, 9.17) is 15.2 Å². The van der Waals surface area contributed by atoms with Gasteiger partial charge in [-0.3, -0.25) is 0 Å². The summed E-state index contributed by atoms with van der Waals surface area (Å²) in [5.74, 6) is 1.49. The van der Waals surface area contributed by atoms with Crippen LogP contribution in [0.25, 0.3) is 0 Å². The third kappa shape index (κ3) is 3.11. The number of ether oxygens (including phenoxy) is 2. The molecule has 0 saturated heterocycles. The molecule has 0 aromatic heterocycles. The number of fused-ring (bicyclic) bond motifs is 1. The van der Waals surface area contributed by atoms with Gasteiger partial charge >= 0.3 is 0 Å². The Labute approximate surface area is 101 Å². The lowest BCUT2D eigenvalue weighted by atomic mass is 10.0. The largest absolute Gasteiger partial charge is 0.490 e. The number of aliphatic hydroxyl groups excluding tert-OH is 1. The number of hydrogen-bond acceptors (Lipinski definition) is 4. The molecular formula is C13H19NO3. The molecule has 0 aliphatic carbocycles. The third-order valence-corrected chi connectivity index (χ3v) is 2.84. The summed E-state index contributed by atoms with van der Waals surface area (Å²) in [6, 6.07) is 5.61. The van der Waals surface area contributed by atoms with E-state index in [0.29, 0.717) is 26.2 Å². The highest BCUT2D eigenvalue weighted by molar-refractivity contribution is 5.44. The molecule has 3 N–H and O–H groups in total. The Balaban J connectivity index is 2.11. The summed E-state index contributed by atoms with van der Waals surface area (Å²) in [5.41, 5.74) is 6.29. The highest BCUT2D eigenvalue weighted by Crippen LogP contribution is 2.33. The van der Waals surface area contributed by atoms with Gasteiger partial charge in [0.1, 0.15) is 0 Å². The summed E-state index contributed by atoms with van der Waals surface area (Å²) in [4.78, 5) is 0. The Morgan fingerprint density at radius 3 is 2.76 bits per heavy atom. The lowest BCUT2D eigenvalue weighted by molar-refractivity contribution is 0.165. The van der Waals surface area contributed by atoms with E-state index in [-0.39, 0.29) is 0 Å². The molecule has 1 aromatic rings. The average Bonchev–Trinajstić information content (AvgIpc) is 2.60. The number of rotatable bonds is 4. The zero-order valence-corrected chi connectivity index (χ0v) is 9.89. The SMILES string of the molecule is NCCCC(O)c1ccc2c(c1)OCCCO2. The van der Waals surface area contributed by atoms with E-state index < -0.39 is 6.10 Å². The van der Waals surface area contributed by atoms with E-state index in [1.807, 2.05) is 18.2 Å². The van der Waals surface area contributed by atoms with E-state index in [1.165, 1.54) is 0 Å². The molecule has 0 amide bonds. The van der Waals surface area contributed by atoms with Crippen molar-refractivity contribution >= 4 is 0 Å². The second kappa shape index (κ2) is 5.89. The minimum Gasteiger partial charge on any atom is -0.490 e. The molecular weight excluding hydrogens is 218 g/mol. The molecule has 2 rings (SSSR count). The molecule has 0 saturated carbocycles. The summed E-state index contributed by atoms with van der Waals surface area (Å²) in [7, 11) is 0. The van der Waals surface area contributed by atoms with Gasteiger partial charge in [0.05, 0.1) is 19.3 Å². The van der Waals surface area contributed by atoms with Crippen molar-refractivity contribution < 1.29 is 14.6 Å². The van der Waals surface area contributed by atoms with Crippen molar-refractivity contribution in [2.45, 2.75) is 25.4 Å². The molecule has 1 aliphatic heterocycles. The zero-order valence-electron chi connectivity index (χ0n) is 9.89. The van der Waals surface area contributed by atoms with Crippen LogP contribution in [0.15, 0.2) is 18.2 Å². The first-order valence-corrected chi connectivity index (χ1v) is 6.09. The van der Waals surface area contributed by atoms with Gasteiger partial charge in [-0.05, 0) is 37.1 Å². The van der Waals surface area contributed by atoms with Crippen LogP contribution in [0.2, 0.25) is 0 Å². The van der Waals surface area contributed by atoms with Crippen molar-refractivity contribution in [2.24, 2.45) is 5.73 Å². The van der Waals surface area contributed by atoms with E-state index in [1.54, 1.807) is 0 Å². The Morgan fingerprint density at radius 1 is 1.24 bits per heavy atom. The van der Waals surface area contributed by atoms with Gasteiger partial charge in [-0.2, -0.15) is 0 Å². The lowest BCUT2D eigenvalue weighted by Crippen LogP contribution is -2.04. The van der Waals surface area contributed by atoms with Gasteiger partial charge < -0.3 is 20.3 Å². The third-order valence-electron chi connectivity index (χ3n) is 2.84. The van der Waals surface area contributed by atoms with Crippen LogP contribution in [0.1, 0.15) is 30.9 Å². The van der Waals surface area contributed by atoms with Gasteiger partial charge in [-0.15, -0.1) is 0 Å². The van der Waals surface area contributed by atoms with Crippen LogP contribution >= 0.6 is 0 Å². The predicted molar refractivity (Wildman–Crippen MR) is 65.3 cm³/mol. The quantitative estimate of drug-likeness (QED) is 0.835. The molecule has 4 nitrogen and oxygen atoms in total. The maximum atomic E-state index is 9.97. The highest BCUT2D eigenvalue weighted by Gasteiger charge is 2.14. The molecule has 0 bridgehead atoms. The molecule has 0 fully saturated rings. The molecule has 1 unspecified atom stereocenters. The summed E-state index contributed by atoms with van der Waals surface area (Å²) in [5, 5.41) is 9.97. The van der Waals surface area contributed by atoms with E-state index in [2.05, 4.69) is 0 Å². The zero-order chi connectivity index (χ0) is 12.1. The Hall–Kier alpha value is -1.26. The Morgan fingerprint density at radius 2 is 2.00 bits per heavy atom. The molecule has 0 spiro atoms. The van der Waals surface area contributed by atoms with Gasteiger partial charge in [0.2, 0.25) is 0 Å². The number of nitrogens with two attached hydrogens (primary N) is 1. The van der Waals surface area contributed by atoms with Gasteiger partial charge in [-0.25, -0.2) is 0 Å².